The third-order valence-corrected chi connectivity index (χ3v) is 3.57. The largest absolute Gasteiger partial charge is 0.305 e. The number of benzene rings is 1. The lowest BCUT2D eigenvalue weighted by molar-refractivity contribution is 0.399. The molecule has 84 valence electrons. The fraction of sp³-hybridized carbons (Fsp3) is 0.333. The van der Waals surface area contributed by atoms with E-state index in [0.717, 1.165) is 0 Å². The molecule has 1 aromatic rings. The van der Waals surface area contributed by atoms with Crippen LogP contribution in [0.5, 0.6) is 0 Å². The Bertz CT molecular complexity index is 457. The van der Waals surface area contributed by atoms with E-state index in [1.54, 1.807) is 12.1 Å². The van der Waals surface area contributed by atoms with Crippen molar-refractivity contribution in [3.63, 3.8) is 0 Å². The zero-order valence-corrected chi connectivity index (χ0v) is 10.7. The minimum Gasteiger partial charge on any atom is -0.305 e. The van der Waals surface area contributed by atoms with Crippen molar-refractivity contribution in [1.82, 2.24) is 4.90 Å². The molecule has 0 N–H and O–H groups in total. The maximum Gasteiger partial charge on any atom is 0.261 e. The second kappa shape index (κ2) is 4.70. The number of nitrogens with zero attached hydrogens (tertiary/aromatic N) is 1. The van der Waals surface area contributed by atoms with Crippen LogP contribution in [-0.4, -0.2) is 27.4 Å². The minimum atomic E-state index is -3.74. The van der Waals surface area contributed by atoms with Gasteiger partial charge in [-0.15, -0.1) is 0 Å². The van der Waals surface area contributed by atoms with Crippen molar-refractivity contribution in [3.05, 3.63) is 28.8 Å². The molecule has 0 fully saturated rings. The molecule has 3 nitrogen and oxygen atoms in total. The van der Waals surface area contributed by atoms with Gasteiger partial charge in [-0.25, -0.2) is 8.42 Å². The minimum absolute atomic E-state index is 0.0744. The van der Waals surface area contributed by atoms with E-state index in [2.05, 4.69) is 0 Å². The molecule has 0 aliphatic heterocycles. The van der Waals surface area contributed by atoms with Crippen LogP contribution in [0.3, 0.4) is 0 Å². The van der Waals surface area contributed by atoms with Gasteiger partial charge in [0, 0.05) is 27.8 Å². The first-order valence-corrected chi connectivity index (χ1v) is 6.88. The fourth-order valence-corrected chi connectivity index (χ4v) is 2.67. The zero-order valence-electron chi connectivity index (χ0n) is 8.37. The maximum atomic E-state index is 11.3. The standard InChI is InChI=1S/C9H11Cl2NO2S/c1-12(2)6-7-8(10)4-3-5-9(7)15(11,13)14/h3-5H,6H2,1-2H3. The molecule has 1 aromatic carbocycles. The van der Waals surface area contributed by atoms with Crippen LogP contribution >= 0.6 is 22.3 Å². The molecule has 1 rings (SSSR count). The molecule has 0 saturated heterocycles. The average molecular weight is 268 g/mol. The topological polar surface area (TPSA) is 37.4 Å². The van der Waals surface area contributed by atoms with Gasteiger partial charge in [0.2, 0.25) is 0 Å². The molecule has 0 aliphatic carbocycles. The Labute approximate surface area is 99.0 Å². The molecule has 0 saturated carbocycles. The van der Waals surface area contributed by atoms with E-state index in [1.807, 2.05) is 19.0 Å². The Morgan fingerprint density at radius 3 is 2.40 bits per heavy atom. The summed E-state index contributed by atoms with van der Waals surface area (Å²) in [7, 11) is 5.23. The van der Waals surface area contributed by atoms with Crippen molar-refractivity contribution < 1.29 is 8.42 Å². The Morgan fingerprint density at radius 1 is 1.33 bits per heavy atom. The summed E-state index contributed by atoms with van der Waals surface area (Å²) in [5.41, 5.74) is 0.527. The summed E-state index contributed by atoms with van der Waals surface area (Å²) in [5, 5.41) is 0.408. The van der Waals surface area contributed by atoms with Crippen molar-refractivity contribution in [1.29, 1.82) is 0 Å². The van der Waals surface area contributed by atoms with Gasteiger partial charge < -0.3 is 4.90 Å². The van der Waals surface area contributed by atoms with E-state index in [-0.39, 0.29) is 4.90 Å². The second-order valence-corrected chi connectivity index (χ2v) is 6.33. The fourth-order valence-electron chi connectivity index (χ4n) is 1.24. The van der Waals surface area contributed by atoms with Gasteiger partial charge >= 0.3 is 0 Å². The molecule has 0 heterocycles. The molecule has 0 atom stereocenters. The van der Waals surface area contributed by atoms with Crippen LogP contribution in [-0.2, 0) is 15.6 Å². The van der Waals surface area contributed by atoms with E-state index >= 15 is 0 Å². The molecule has 0 amide bonds. The molecule has 0 radical (unpaired) electrons. The summed E-state index contributed by atoms with van der Waals surface area (Å²) in [6.07, 6.45) is 0. The van der Waals surface area contributed by atoms with Gasteiger partial charge in [-0.1, -0.05) is 17.7 Å². The van der Waals surface area contributed by atoms with Crippen molar-refractivity contribution in [2.24, 2.45) is 0 Å². The number of hydrogen-bond donors (Lipinski definition) is 0. The Balaban J connectivity index is 3.33. The van der Waals surface area contributed by atoms with Crippen LogP contribution < -0.4 is 0 Å². The highest BCUT2D eigenvalue weighted by Crippen LogP contribution is 2.27. The summed E-state index contributed by atoms with van der Waals surface area (Å²) >= 11 is 5.93. The van der Waals surface area contributed by atoms with Gasteiger partial charge in [-0.2, -0.15) is 0 Å². The van der Waals surface area contributed by atoms with Gasteiger partial charge in [-0.05, 0) is 26.2 Å². The van der Waals surface area contributed by atoms with E-state index < -0.39 is 9.05 Å². The molecule has 15 heavy (non-hydrogen) atoms. The first-order chi connectivity index (χ1) is 6.82. The van der Waals surface area contributed by atoms with Gasteiger partial charge in [0.1, 0.15) is 0 Å². The lowest BCUT2D eigenvalue weighted by Gasteiger charge is -2.13. The highest BCUT2D eigenvalue weighted by atomic mass is 35.7. The molecule has 0 bridgehead atoms. The smallest absolute Gasteiger partial charge is 0.261 e. The molecular weight excluding hydrogens is 257 g/mol. The third kappa shape index (κ3) is 3.34. The van der Waals surface area contributed by atoms with Crippen LogP contribution in [0.25, 0.3) is 0 Å². The van der Waals surface area contributed by atoms with E-state index in [4.69, 9.17) is 22.3 Å². The lowest BCUT2D eigenvalue weighted by atomic mass is 10.2. The van der Waals surface area contributed by atoms with Crippen molar-refractivity contribution >= 4 is 31.3 Å². The quantitative estimate of drug-likeness (QED) is 0.789. The molecule has 0 aromatic heterocycles. The zero-order chi connectivity index (χ0) is 11.6. The van der Waals surface area contributed by atoms with Crippen molar-refractivity contribution in [3.8, 4) is 0 Å². The van der Waals surface area contributed by atoms with Crippen LogP contribution in [0.1, 0.15) is 5.56 Å². The average Bonchev–Trinajstić information content (AvgIpc) is 2.05. The Morgan fingerprint density at radius 2 is 1.93 bits per heavy atom. The number of hydrogen-bond acceptors (Lipinski definition) is 3. The van der Waals surface area contributed by atoms with Crippen LogP contribution in [0.15, 0.2) is 23.1 Å². The van der Waals surface area contributed by atoms with Gasteiger partial charge in [0.25, 0.3) is 9.05 Å². The van der Waals surface area contributed by atoms with E-state index in [0.29, 0.717) is 17.1 Å². The lowest BCUT2D eigenvalue weighted by Crippen LogP contribution is -2.13. The molecule has 0 aliphatic rings. The SMILES string of the molecule is CN(C)Cc1c(Cl)cccc1S(=O)(=O)Cl. The van der Waals surface area contributed by atoms with Gasteiger partial charge in [0.05, 0.1) is 4.90 Å². The highest BCUT2D eigenvalue weighted by Gasteiger charge is 2.17. The summed E-state index contributed by atoms with van der Waals surface area (Å²) in [6, 6.07) is 4.66. The third-order valence-electron chi connectivity index (χ3n) is 1.81. The summed E-state index contributed by atoms with van der Waals surface area (Å²) in [6.45, 7) is 0.432. The first kappa shape index (κ1) is 12.8. The van der Waals surface area contributed by atoms with Gasteiger partial charge in [-0.3, -0.25) is 0 Å². The molecule has 0 unspecified atom stereocenters. The summed E-state index contributed by atoms with van der Waals surface area (Å²) < 4.78 is 22.6. The Hall–Kier alpha value is -0.290. The van der Waals surface area contributed by atoms with Crippen LogP contribution in [0, 0.1) is 0 Å². The number of halogens is 2. The first-order valence-electron chi connectivity index (χ1n) is 4.19. The predicted molar refractivity (Wildman–Crippen MR) is 61.9 cm³/mol. The van der Waals surface area contributed by atoms with Crippen molar-refractivity contribution in [2.75, 3.05) is 14.1 Å². The van der Waals surface area contributed by atoms with Crippen LogP contribution in [0.2, 0.25) is 5.02 Å². The molecule has 0 spiro atoms. The van der Waals surface area contributed by atoms with Crippen LogP contribution in [0.4, 0.5) is 0 Å². The van der Waals surface area contributed by atoms with Crippen molar-refractivity contribution in [2.45, 2.75) is 11.4 Å². The monoisotopic (exact) mass is 267 g/mol. The predicted octanol–water partition coefficient (Wildman–Crippen LogP) is 2.33. The molecule has 6 heteroatoms. The van der Waals surface area contributed by atoms with E-state index in [9.17, 15) is 8.42 Å². The maximum absolute atomic E-state index is 11.3. The number of rotatable bonds is 3. The highest BCUT2D eigenvalue weighted by molar-refractivity contribution is 8.13. The Kier molecular flexibility index (Phi) is 4.00. The van der Waals surface area contributed by atoms with E-state index in [1.165, 1.54) is 6.07 Å². The molecular formula is C9H11Cl2NO2S. The normalized spacial score (nSPS) is 12.1. The van der Waals surface area contributed by atoms with Gasteiger partial charge in [0.15, 0.2) is 0 Å². The summed E-state index contributed by atoms with van der Waals surface area (Å²) in [4.78, 5) is 1.90. The second-order valence-electron chi connectivity index (χ2n) is 3.39. The summed E-state index contributed by atoms with van der Waals surface area (Å²) in [5.74, 6) is 0.